The van der Waals surface area contributed by atoms with E-state index in [2.05, 4.69) is 15.7 Å². The first-order valence-electron chi connectivity index (χ1n) is 4.69. The molecule has 1 rings (SSSR count). The van der Waals surface area contributed by atoms with Crippen LogP contribution in [0.1, 0.15) is 12.5 Å². The summed E-state index contributed by atoms with van der Waals surface area (Å²) >= 11 is 0. The second-order valence-corrected chi connectivity index (χ2v) is 3.00. The molecule has 0 spiro atoms. The van der Waals surface area contributed by atoms with E-state index in [-0.39, 0.29) is 17.3 Å². The van der Waals surface area contributed by atoms with Gasteiger partial charge in [-0.3, -0.25) is 10.1 Å². The lowest BCUT2D eigenvalue weighted by molar-refractivity contribution is -0.384. The monoisotopic (exact) mass is 235 g/mol. The van der Waals surface area contributed by atoms with E-state index in [1.807, 2.05) is 0 Å². The molecule has 0 saturated heterocycles. The van der Waals surface area contributed by atoms with E-state index in [0.29, 0.717) is 5.56 Å². The van der Waals surface area contributed by atoms with Crippen LogP contribution in [0.15, 0.2) is 30.2 Å². The first kappa shape index (κ1) is 12.5. The third-order valence-electron chi connectivity index (χ3n) is 1.97. The predicted octanol–water partition coefficient (Wildman–Crippen LogP) is 2.78. The lowest BCUT2D eigenvalue weighted by Gasteiger charge is -1.96. The number of aliphatic hydroxyl groups excluding tert-OH is 1. The number of benzene rings is 1. The number of nitro benzene ring substituents is 1. The molecule has 6 nitrogen and oxygen atoms in total. The molecular formula is C11H11N2O4+. The SMILES string of the molecule is CC#[N+]/C(=C(/O)OC)c1ccc([N+](=O)[O-])cc1. The van der Waals surface area contributed by atoms with Crippen molar-refractivity contribution in [3.63, 3.8) is 0 Å². The minimum Gasteiger partial charge on any atom is -0.475 e. The van der Waals surface area contributed by atoms with Crippen molar-refractivity contribution in [2.45, 2.75) is 6.92 Å². The van der Waals surface area contributed by atoms with Gasteiger partial charge in [-0.2, -0.15) is 0 Å². The second kappa shape index (κ2) is 5.51. The van der Waals surface area contributed by atoms with E-state index in [1.165, 1.54) is 31.4 Å². The zero-order valence-corrected chi connectivity index (χ0v) is 9.38. The van der Waals surface area contributed by atoms with Crippen LogP contribution in [0.2, 0.25) is 0 Å². The first-order valence-corrected chi connectivity index (χ1v) is 4.69. The molecule has 0 bridgehead atoms. The van der Waals surface area contributed by atoms with Crippen LogP contribution >= 0.6 is 0 Å². The summed E-state index contributed by atoms with van der Waals surface area (Å²) in [7, 11) is 1.30. The van der Waals surface area contributed by atoms with Crippen LogP contribution in [0.25, 0.3) is 10.5 Å². The Morgan fingerprint density at radius 2 is 2.06 bits per heavy atom. The van der Waals surface area contributed by atoms with Crippen LogP contribution in [0, 0.1) is 16.2 Å². The normalized spacial score (nSPS) is 10.9. The van der Waals surface area contributed by atoms with Gasteiger partial charge in [0.25, 0.3) is 11.8 Å². The number of nitrogens with zero attached hydrogens (tertiary/aromatic N) is 2. The van der Waals surface area contributed by atoms with Gasteiger partial charge in [-0.05, 0) is 17.0 Å². The molecule has 0 aliphatic carbocycles. The number of rotatable bonds is 3. The van der Waals surface area contributed by atoms with Gasteiger partial charge in [0, 0.05) is 12.1 Å². The number of ether oxygens (including phenoxy) is 1. The van der Waals surface area contributed by atoms with Crippen molar-refractivity contribution in [1.82, 2.24) is 0 Å². The summed E-state index contributed by atoms with van der Waals surface area (Å²) in [6, 6.07) is 8.11. The molecule has 0 aromatic heterocycles. The maximum atomic E-state index is 10.5. The fourth-order valence-electron chi connectivity index (χ4n) is 1.19. The molecule has 88 valence electrons. The van der Waals surface area contributed by atoms with E-state index in [9.17, 15) is 15.2 Å². The fourth-order valence-corrected chi connectivity index (χ4v) is 1.19. The van der Waals surface area contributed by atoms with Gasteiger partial charge in [0.2, 0.25) is 0 Å². The summed E-state index contributed by atoms with van der Waals surface area (Å²) in [5, 5.41) is 20.0. The molecule has 1 aromatic rings. The summed E-state index contributed by atoms with van der Waals surface area (Å²) < 4.78 is 4.66. The molecular weight excluding hydrogens is 224 g/mol. The number of aliphatic hydroxyl groups is 1. The number of hydrogen-bond donors (Lipinski definition) is 1. The van der Waals surface area contributed by atoms with Gasteiger partial charge in [0.1, 0.15) is 0 Å². The van der Waals surface area contributed by atoms with Crippen molar-refractivity contribution < 1.29 is 14.8 Å². The molecule has 0 heterocycles. The fraction of sp³-hybridized carbons (Fsp3) is 0.182. The topological polar surface area (TPSA) is 77.0 Å². The minimum atomic E-state index is -0.501. The summed E-state index contributed by atoms with van der Waals surface area (Å²) in [4.78, 5) is 13.8. The molecule has 1 N–H and O–H groups in total. The first-order chi connectivity index (χ1) is 8.10. The highest BCUT2D eigenvalue weighted by Crippen LogP contribution is 2.22. The quantitative estimate of drug-likeness (QED) is 0.496. The molecule has 0 radical (unpaired) electrons. The van der Waals surface area contributed by atoms with Gasteiger partial charge in [-0.15, -0.1) is 0 Å². The maximum absolute atomic E-state index is 10.5. The largest absolute Gasteiger partial charge is 0.475 e. The van der Waals surface area contributed by atoms with Crippen LogP contribution < -0.4 is 0 Å². The van der Waals surface area contributed by atoms with Crippen LogP contribution in [-0.2, 0) is 4.74 Å². The molecule has 6 heteroatoms. The summed E-state index contributed by atoms with van der Waals surface area (Å²) in [5.74, 6) is -0.367. The van der Waals surface area contributed by atoms with E-state index in [0.717, 1.165) is 0 Å². The Morgan fingerprint density at radius 1 is 1.47 bits per heavy atom. The average molecular weight is 235 g/mol. The Bertz CT molecular complexity index is 509. The van der Waals surface area contributed by atoms with E-state index >= 15 is 0 Å². The van der Waals surface area contributed by atoms with Crippen LogP contribution in [-0.4, -0.2) is 17.1 Å². The van der Waals surface area contributed by atoms with Gasteiger partial charge in [0.05, 0.1) is 24.5 Å². The lowest BCUT2D eigenvalue weighted by Crippen LogP contribution is -1.92. The zero-order valence-electron chi connectivity index (χ0n) is 9.38. The molecule has 0 amide bonds. The molecule has 0 aliphatic heterocycles. The lowest BCUT2D eigenvalue weighted by atomic mass is 10.1. The average Bonchev–Trinajstić information content (AvgIpc) is 2.35. The molecule has 0 saturated carbocycles. The highest BCUT2D eigenvalue weighted by Gasteiger charge is 2.20. The van der Waals surface area contributed by atoms with Crippen LogP contribution in [0.3, 0.4) is 0 Å². The molecule has 0 aliphatic rings. The minimum absolute atomic E-state index is 0.0329. The Kier molecular flexibility index (Phi) is 4.06. The van der Waals surface area contributed by atoms with Crippen molar-refractivity contribution >= 4 is 11.4 Å². The third-order valence-corrected chi connectivity index (χ3v) is 1.97. The number of hydrogen-bond acceptors (Lipinski definition) is 4. The van der Waals surface area contributed by atoms with Gasteiger partial charge >= 0.3 is 11.6 Å². The van der Waals surface area contributed by atoms with E-state index in [1.54, 1.807) is 6.92 Å². The molecule has 0 unspecified atom stereocenters. The summed E-state index contributed by atoms with van der Waals surface area (Å²) in [5.41, 5.74) is 0.642. The van der Waals surface area contributed by atoms with Gasteiger partial charge < -0.3 is 9.84 Å². The Labute approximate surface area is 97.7 Å². The highest BCUT2D eigenvalue weighted by molar-refractivity contribution is 5.72. The van der Waals surface area contributed by atoms with Gasteiger partial charge in [-0.1, -0.05) is 0 Å². The maximum Gasteiger partial charge on any atom is 0.426 e. The van der Waals surface area contributed by atoms with Crippen molar-refractivity contribution in [1.29, 1.82) is 0 Å². The Morgan fingerprint density at radius 3 is 2.47 bits per heavy atom. The zero-order chi connectivity index (χ0) is 12.8. The van der Waals surface area contributed by atoms with Gasteiger partial charge in [-0.25, -0.2) is 0 Å². The van der Waals surface area contributed by atoms with Crippen LogP contribution in [0.5, 0.6) is 0 Å². The van der Waals surface area contributed by atoms with Crippen molar-refractivity contribution in [2.75, 3.05) is 7.11 Å². The molecule has 1 aromatic carbocycles. The smallest absolute Gasteiger partial charge is 0.426 e. The van der Waals surface area contributed by atoms with Crippen molar-refractivity contribution in [3.05, 3.63) is 50.7 Å². The van der Waals surface area contributed by atoms with E-state index < -0.39 is 4.92 Å². The Hall–Kier alpha value is -2.55. The molecule has 17 heavy (non-hydrogen) atoms. The second-order valence-electron chi connectivity index (χ2n) is 3.00. The Balaban J connectivity index is 3.21. The summed E-state index contributed by atoms with van der Waals surface area (Å²) in [6.45, 7) is 1.56. The van der Waals surface area contributed by atoms with Crippen molar-refractivity contribution in [2.24, 2.45) is 0 Å². The summed E-state index contributed by atoms with van der Waals surface area (Å²) in [6.07, 6.45) is 0. The number of methoxy groups -OCH3 is 1. The van der Waals surface area contributed by atoms with Crippen molar-refractivity contribution in [3.8, 4) is 6.07 Å². The standard InChI is InChI=1S/C11H10N2O4/c1-3-12-10(11(14)17-2)8-4-6-9(7-5-8)13(15)16/h4-7H,1-2H3/p+1/b11-10-. The predicted molar refractivity (Wildman–Crippen MR) is 62.6 cm³/mol. The van der Waals surface area contributed by atoms with E-state index in [4.69, 9.17) is 0 Å². The van der Waals surface area contributed by atoms with Gasteiger partial charge in [0.15, 0.2) is 0 Å². The highest BCUT2D eigenvalue weighted by atomic mass is 16.6. The molecule has 0 fully saturated rings. The van der Waals surface area contributed by atoms with Crippen LogP contribution in [0.4, 0.5) is 5.69 Å². The number of non-ortho nitro benzene ring substituents is 1. The number of nitro groups is 1. The molecule has 0 atom stereocenters. The third kappa shape index (κ3) is 2.95.